The number of nitrogens with zero attached hydrogens (tertiary/aromatic N) is 2. The van der Waals surface area contributed by atoms with Gasteiger partial charge in [0, 0.05) is 19.5 Å². The van der Waals surface area contributed by atoms with Crippen LogP contribution < -0.4 is 16.6 Å². The average molecular weight is 342 g/mol. The van der Waals surface area contributed by atoms with Crippen LogP contribution in [0.25, 0.3) is 5.69 Å². The summed E-state index contributed by atoms with van der Waals surface area (Å²) >= 11 is 0. The van der Waals surface area contributed by atoms with Crippen molar-refractivity contribution >= 4 is 11.6 Å². The summed E-state index contributed by atoms with van der Waals surface area (Å²) in [5.41, 5.74) is 6.33. The molecule has 3 N–H and O–H groups in total. The van der Waals surface area contributed by atoms with Crippen LogP contribution in [0.1, 0.15) is 12.6 Å². The Kier molecular flexibility index (Phi) is 5.01. The largest absolute Gasteiger partial charge is 0.471 e. The highest BCUT2D eigenvalue weighted by molar-refractivity contribution is 5.81. The molecule has 0 saturated carbocycles. The third-order valence-corrected chi connectivity index (χ3v) is 3.49. The van der Waals surface area contributed by atoms with Crippen molar-refractivity contribution in [3.05, 3.63) is 46.4 Å². The van der Waals surface area contributed by atoms with E-state index in [1.165, 1.54) is 4.68 Å². The summed E-state index contributed by atoms with van der Waals surface area (Å²) in [5.74, 6) is -2.02. The van der Waals surface area contributed by atoms with Crippen LogP contribution in [0.5, 0.6) is 0 Å². The zero-order valence-corrected chi connectivity index (χ0v) is 12.9. The summed E-state index contributed by atoms with van der Waals surface area (Å²) < 4.78 is 39.5. The lowest BCUT2D eigenvalue weighted by Crippen LogP contribution is -2.38. The van der Waals surface area contributed by atoms with Gasteiger partial charge in [-0.3, -0.25) is 14.3 Å². The molecule has 2 aromatic rings. The fraction of sp³-hybridized carbons (Fsp3) is 0.333. The molecule has 0 spiro atoms. The molecular weight excluding hydrogens is 325 g/mol. The topological polar surface area (TPSA) is 82.1 Å². The van der Waals surface area contributed by atoms with Crippen LogP contribution in [-0.4, -0.2) is 28.0 Å². The van der Waals surface area contributed by atoms with E-state index < -0.39 is 17.6 Å². The molecular formula is C15H17F3N4O2. The number of alkyl halides is 3. The second-order valence-electron chi connectivity index (χ2n) is 5.03. The van der Waals surface area contributed by atoms with Crippen LogP contribution in [0.4, 0.5) is 18.9 Å². The molecule has 6 nitrogen and oxygen atoms in total. The van der Waals surface area contributed by atoms with E-state index in [0.717, 1.165) is 0 Å². The zero-order valence-electron chi connectivity index (χ0n) is 12.9. The number of hydrogen-bond donors (Lipinski definition) is 2. The maximum absolute atomic E-state index is 12.4. The number of carbonyl (C=O) groups is 1. The Morgan fingerprint density at radius 1 is 1.25 bits per heavy atom. The molecule has 1 aromatic heterocycles. The van der Waals surface area contributed by atoms with E-state index in [1.54, 1.807) is 47.3 Å². The third-order valence-electron chi connectivity index (χ3n) is 3.49. The first-order valence-electron chi connectivity index (χ1n) is 7.28. The number of anilines is 1. The van der Waals surface area contributed by atoms with Gasteiger partial charge in [-0.1, -0.05) is 18.2 Å². The summed E-state index contributed by atoms with van der Waals surface area (Å²) in [7, 11) is 0. The minimum Gasteiger partial charge on any atom is -0.393 e. The van der Waals surface area contributed by atoms with Crippen LogP contribution in [0.3, 0.4) is 0 Å². The Labute approximate surface area is 135 Å². The molecule has 0 aliphatic carbocycles. The number of nitrogens with two attached hydrogens (primary N) is 1. The van der Waals surface area contributed by atoms with Gasteiger partial charge in [-0.15, -0.1) is 0 Å². The van der Waals surface area contributed by atoms with Gasteiger partial charge in [0.2, 0.25) is 0 Å². The molecule has 1 amide bonds. The standard InChI is InChI=1S/C15H17F3N4O2/c1-2-21-11(8-9-20-14(24)15(16,17)18)12(19)13(23)22(21)10-6-4-3-5-7-10/h3-7H,2,8-9,19H2,1H3,(H,20,24). The van der Waals surface area contributed by atoms with Crippen molar-refractivity contribution in [2.24, 2.45) is 0 Å². The van der Waals surface area contributed by atoms with Gasteiger partial charge in [-0.25, -0.2) is 4.68 Å². The van der Waals surface area contributed by atoms with Crippen LogP contribution in [0, 0.1) is 0 Å². The van der Waals surface area contributed by atoms with Gasteiger partial charge in [0.05, 0.1) is 11.4 Å². The molecule has 0 atom stereocenters. The predicted molar refractivity (Wildman–Crippen MR) is 82.9 cm³/mol. The first kappa shape index (κ1) is 17.6. The van der Waals surface area contributed by atoms with Crippen molar-refractivity contribution in [1.82, 2.24) is 14.7 Å². The number of amides is 1. The molecule has 24 heavy (non-hydrogen) atoms. The van der Waals surface area contributed by atoms with Gasteiger partial charge >= 0.3 is 12.1 Å². The van der Waals surface area contributed by atoms with E-state index in [0.29, 0.717) is 17.9 Å². The summed E-state index contributed by atoms with van der Waals surface area (Å²) in [6.07, 6.45) is -4.93. The molecule has 1 heterocycles. The number of para-hydroxylation sites is 1. The lowest BCUT2D eigenvalue weighted by atomic mass is 10.2. The maximum atomic E-state index is 12.4. The fourth-order valence-corrected chi connectivity index (χ4v) is 2.42. The molecule has 0 radical (unpaired) electrons. The van der Waals surface area contributed by atoms with Gasteiger partial charge < -0.3 is 11.1 Å². The molecule has 0 aliphatic heterocycles. The van der Waals surface area contributed by atoms with Crippen LogP contribution in [0.2, 0.25) is 0 Å². The number of halogens is 3. The molecule has 0 saturated heterocycles. The summed E-state index contributed by atoms with van der Waals surface area (Å²) in [6.45, 7) is 1.90. The van der Waals surface area contributed by atoms with E-state index in [9.17, 15) is 22.8 Å². The molecule has 0 aliphatic rings. The van der Waals surface area contributed by atoms with Crippen molar-refractivity contribution in [2.45, 2.75) is 26.1 Å². The number of nitrogens with one attached hydrogen (secondary N) is 1. The summed E-state index contributed by atoms with van der Waals surface area (Å²) in [6, 6.07) is 8.76. The van der Waals surface area contributed by atoms with Gasteiger partial charge in [-0.05, 0) is 19.1 Å². The SMILES string of the molecule is CCn1c(CCNC(=O)C(F)(F)F)c(N)c(=O)n1-c1ccccc1. The predicted octanol–water partition coefficient (Wildman–Crippen LogP) is 1.46. The highest BCUT2D eigenvalue weighted by Crippen LogP contribution is 2.16. The molecule has 0 bridgehead atoms. The van der Waals surface area contributed by atoms with Crippen LogP contribution in [0.15, 0.2) is 35.1 Å². The molecule has 9 heteroatoms. The number of rotatable bonds is 5. The van der Waals surface area contributed by atoms with Crippen molar-refractivity contribution in [1.29, 1.82) is 0 Å². The number of carbonyl (C=O) groups excluding carboxylic acids is 1. The normalized spacial score (nSPS) is 11.5. The van der Waals surface area contributed by atoms with Crippen molar-refractivity contribution in [3.8, 4) is 5.69 Å². The molecule has 2 rings (SSSR count). The van der Waals surface area contributed by atoms with Crippen molar-refractivity contribution < 1.29 is 18.0 Å². The molecule has 130 valence electrons. The Morgan fingerprint density at radius 2 is 1.88 bits per heavy atom. The first-order chi connectivity index (χ1) is 11.3. The molecule has 0 unspecified atom stereocenters. The monoisotopic (exact) mass is 342 g/mol. The zero-order chi connectivity index (χ0) is 17.9. The fourth-order valence-electron chi connectivity index (χ4n) is 2.42. The number of hydrogen-bond acceptors (Lipinski definition) is 3. The van der Waals surface area contributed by atoms with E-state index in [4.69, 9.17) is 5.73 Å². The van der Waals surface area contributed by atoms with Gasteiger partial charge in [0.1, 0.15) is 5.69 Å². The maximum Gasteiger partial charge on any atom is 0.471 e. The Bertz CT molecular complexity index is 778. The van der Waals surface area contributed by atoms with E-state index in [-0.39, 0.29) is 18.7 Å². The summed E-state index contributed by atoms with van der Waals surface area (Å²) in [4.78, 5) is 23.2. The van der Waals surface area contributed by atoms with Crippen LogP contribution in [-0.2, 0) is 17.8 Å². The third kappa shape index (κ3) is 3.44. The minimum atomic E-state index is -4.94. The Morgan fingerprint density at radius 3 is 2.42 bits per heavy atom. The van der Waals surface area contributed by atoms with Crippen molar-refractivity contribution in [3.63, 3.8) is 0 Å². The number of nitrogen functional groups attached to an aromatic ring is 1. The van der Waals surface area contributed by atoms with Gasteiger partial charge in [-0.2, -0.15) is 13.2 Å². The second kappa shape index (κ2) is 6.81. The van der Waals surface area contributed by atoms with Gasteiger partial charge in [0.15, 0.2) is 0 Å². The van der Waals surface area contributed by atoms with Crippen molar-refractivity contribution in [2.75, 3.05) is 12.3 Å². The smallest absolute Gasteiger partial charge is 0.393 e. The van der Waals surface area contributed by atoms with E-state index in [2.05, 4.69) is 0 Å². The lowest BCUT2D eigenvalue weighted by Gasteiger charge is -2.13. The number of benzene rings is 1. The van der Waals surface area contributed by atoms with Crippen LogP contribution >= 0.6 is 0 Å². The van der Waals surface area contributed by atoms with E-state index >= 15 is 0 Å². The summed E-state index contributed by atoms with van der Waals surface area (Å²) in [5, 5.41) is 1.77. The molecule has 0 fully saturated rings. The Hall–Kier alpha value is -2.71. The van der Waals surface area contributed by atoms with Gasteiger partial charge in [0.25, 0.3) is 5.56 Å². The Balaban J connectivity index is 2.29. The highest BCUT2D eigenvalue weighted by Gasteiger charge is 2.38. The highest BCUT2D eigenvalue weighted by atomic mass is 19.4. The number of aromatic nitrogens is 2. The first-order valence-corrected chi connectivity index (χ1v) is 7.28. The molecule has 1 aromatic carbocycles. The quantitative estimate of drug-likeness (QED) is 0.863. The minimum absolute atomic E-state index is 0.0105. The van der Waals surface area contributed by atoms with E-state index in [1.807, 2.05) is 0 Å². The lowest BCUT2D eigenvalue weighted by molar-refractivity contribution is -0.173. The second-order valence-corrected chi connectivity index (χ2v) is 5.03. The average Bonchev–Trinajstić information content (AvgIpc) is 2.78.